The molecule has 0 saturated heterocycles. The molecule has 2 aromatic rings. The van der Waals surface area contributed by atoms with Gasteiger partial charge in [-0.15, -0.1) is 0 Å². The van der Waals surface area contributed by atoms with Crippen molar-refractivity contribution in [2.75, 3.05) is 10.6 Å². The lowest BCUT2D eigenvalue weighted by Crippen LogP contribution is -2.39. The highest BCUT2D eigenvalue weighted by molar-refractivity contribution is 6.42. The molecule has 2 aliphatic carbocycles. The van der Waals surface area contributed by atoms with Gasteiger partial charge in [-0.1, -0.05) is 58.6 Å². The molecule has 8 heteroatoms. The third kappa shape index (κ3) is 4.13. The number of rotatable bonds is 4. The molecular formula is C21H16Cl4N2O2. The molecule has 29 heavy (non-hydrogen) atoms. The lowest BCUT2D eigenvalue weighted by molar-refractivity contribution is -0.129. The van der Waals surface area contributed by atoms with Crippen molar-refractivity contribution < 1.29 is 9.59 Å². The van der Waals surface area contributed by atoms with Crippen LogP contribution in [0.3, 0.4) is 0 Å². The molecule has 4 atom stereocenters. The van der Waals surface area contributed by atoms with E-state index in [2.05, 4.69) is 10.6 Å². The van der Waals surface area contributed by atoms with Crippen LogP contribution in [-0.2, 0) is 9.59 Å². The Morgan fingerprint density at radius 1 is 0.690 bits per heavy atom. The van der Waals surface area contributed by atoms with Gasteiger partial charge in [0.25, 0.3) is 0 Å². The van der Waals surface area contributed by atoms with E-state index in [0.717, 1.165) is 6.42 Å². The van der Waals surface area contributed by atoms with Crippen LogP contribution in [0.5, 0.6) is 0 Å². The summed E-state index contributed by atoms with van der Waals surface area (Å²) in [6.45, 7) is 0. The lowest BCUT2D eigenvalue weighted by Gasteiger charge is -2.26. The van der Waals surface area contributed by atoms with E-state index in [4.69, 9.17) is 46.4 Å². The van der Waals surface area contributed by atoms with Crippen LogP contribution in [-0.4, -0.2) is 11.8 Å². The van der Waals surface area contributed by atoms with Gasteiger partial charge < -0.3 is 10.6 Å². The Bertz CT molecular complexity index is 944. The zero-order chi connectivity index (χ0) is 20.7. The second-order valence-electron chi connectivity index (χ2n) is 7.24. The molecule has 0 unspecified atom stereocenters. The third-order valence-electron chi connectivity index (χ3n) is 5.44. The topological polar surface area (TPSA) is 58.2 Å². The predicted molar refractivity (Wildman–Crippen MR) is 118 cm³/mol. The molecule has 0 spiro atoms. The number of amides is 2. The first-order valence-corrected chi connectivity index (χ1v) is 10.5. The van der Waals surface area contributed by atoms with E-state index in [-0.39, 0.29) is 23.7 Å². The van der Waals surface area contributed by atoms with Crippen molar-refractivity contribution in [3.63, 3.8) is 0 Å². The Balaban J connectivity index is 1.53. The summed E-state index contributed by atoms with van der Waals surface area (Å²) in [5.41, 5.74) is 1.08. The summed E-state index contributed by atoms with van der Waals surface area (Å²) < 4.78 is 0. The molecular weight excluding hydrogens is 454 g/mol. The number of hydrogen-bond donors (Lipinski definition) is 2. The lowest BCUT2D eigenvalue weighted by atomic mass is 9.81. The van der Waals surface area contributed by atoms with Crippen LogP contribution in [0.2, 0.25) is 20.1 Å². The Morgan fingerprint density at radius 2 is 1.10 bits per heavy atom. The molecule has 1 fully saturated rings. The summed E-state index contributed by atoms with van der Waals surface area (Å²) in [6.07, 6.45) is 4.82. The Hall–Kier alpha value is -1.72. The minimum atomic E-state index is -0.470. The van der Waals surface area contributed by atoms with E-state index in [1.807, 2.05) is 12.2 Å². The quantitative estimate of drug-likeness (QED) is 0.515. The second-order valence-corrected chi connectivity index (χ2v) is 8.86. The maximum Gasteiger partial charge on any atom is 0.228 e. The number of fused-ring (bicyclic) bond motifs is 2. The van der Waals surface area contributed by atoms with Gasteiger partial charge in [0.05, 0.1) is 31.9 Å². The largest absolute Gasteiger partial charge is 0.326 e. The van der Waals surface area contributed by atoms with Crippen LogP contribution in [0.15, 0.2) is 48.6 Å². The molecule has 0 aliphatic heterocycles. The standard InChI is InChI=1S/C21H16Cl4N2O2/c22-14-5-3-12(8-16(14)24)26-20(28)18-10-1-2-11(7-10)19(18)21(29)27-13-4-6-15(23)17(25)9-13/h1-6,8-11,18-19H,7H2,(H,26,28)(H,27,29)/t10-,11+,18-,19+. The minimum Gasteiger partial charge on any atom is -0.326 e. The maximum atomic E-state index is 13.0. The Morgan fingerprint density at radius 3 is 1.48 bits per heavy atom. The highest BCUT2D eigenvalue weighted by Gasteiger charge is 2.51. The van der Waals surface area contributed by atoms with Gasteiger partial charge in [-0.05, 0) is 54.7 Å². The third-order valence-corrected chi connectivity index (χ3v) is 6.92. The molecule has 4 rings (SSSR count). The number of allylic oxidation sites excluding steroid dienone is 2. The van der Waals surface area contributed by atoms with Crippen molar-refractivity contribution in [3.05, 3.63) is 68.6 Å². The SMILES string of the molecule is O=C(Nc1ccc(Cl)c(Cl)c1)[C@@H]1[C@H](C(=O)Nc2ccc(Cl)c(Cl)c2)[C@@H]2C=C[C@H]1C2. The van der Waals surface area contributed by atoms with Gasteiger partial charge in [-0.25, -0.2) is 0 Å². The Labute approximate surface area is 188 Å². The minimum absolute atomic E-state index is 0.0207. The maximum absolute atomic E-state index is 13.0. The van der Waals surface area contributed by atoms with Gasteiger partial charge in [0.15, 0.2) is 0 Å². The van der Waals surface area contributed by atoms with Crippen molar-refractivity contribution in [1.82, 2.24) is 0 Å². The number of hydrogen-bond acceptors (Lipinski definition) is 2. The molecule has 0 radical (unpaired) electrons. The average molecular weight is 470 g/mol. The summed E-state index contributed by atoms with van der Waals surface area (Å²) >= 11 is 23.9. The molecule has 2 bridgehead atoms. The fraction of sp³-hybridized carbons (Fsp3) is 0.238. The second kappa shape index (κ2) is 8.19. The summed E-state index contributed by atoms with van der Waals surface area (Å²) in [5, 5.41) is 7.26. The van der Waals surface area contributed by atoms with Gasteiger partial charge in [0, 0.05) is 11.4 Å². The van der Waals surface area contributed by atoms with E-state index >= 15 is 0 Å². The van der Waals surface area contributed by atoms with Crippen LogP contribution >= 0.6 is 46.4 Å². The van der Waals surface area contributed by atoms with E-state index in [1.54, 1.807) is 36.4 Å². The van der Waals surface area contributed by atoms with Crippen LogP contribution in [0.25, 0.3) is 0 Å². The zero-order valence-corrected chi connectivity index (χ0v) is 18.0. The number of carbonyl (C=O) groups excluding carboxylic acids is 2. The first-order valence-electron chi connectivity index (χ1n) is 9.03. The highest BCUT2D eigenvalue weighted by Crippen LogP contribution is 2.49. The smallest absolute Gasteiger partial charge is 0.228 e. The van der Waals surface area contributed by atoms with Gasteiger partial charge in [-0.2, -0.15) is 0 Å². The molecule has 4 nitrogen and oxygen atoms in total. The average Bonchev–Trinajstić information content (AvgIpc) is 3.29. The number of nitrogens with one attached hydrogen (secondary N) is 2. The van der Waals surface area contributed by atoms with Crippen molar-refractivity contribution >= 4 is 69.6 Å². The normalized spacial score (nSPS) is 24.6. The van der Waals surface area contributed by atoms with E-state index in [9.17, 15) is 9.59 Å². The van der Waals surface area contributed by atoms with E-state index in [1.165, 1.54) is 0 Å². The molecule has 0 heterocycles. The highest BCUT2D eigenvalue weighted by atomic mass is 35.5. The first kappa shape index (κ1) is 20.5. The fourth-order valence-corrected chi connectivity index (χ4v) is 4.73. The van der Waals surface area contributed by atoms with Gasteiger partial charge in [0.1, 0.15) is 0 Å². The number of halogens is 4. The van der Waals surface area contributed by atoms with Crippen molar-refractivity contribution in [3.8, 4) is 0 Å². The van der Waals surface area contributed by atoms with Crippen molar-refractivity contribution in [2.24, 2.45) is 23.7 Å². The molecule has 2 amide bonds. The van der Waals surface area contributed by atoms with Crippen molar-refractivity contribution in [1.29, 1.82) is 0 Å². The number of carbonyl (C=O) groups is 2. The fourth-order valence-electron chi connectivity index (χ4n) is 4.14. The van der Waals surface area contributed by atoms with Gasteiger partial charge in [0.2, 0.25) is 11.8 Å². The number of benzene rings is 2. The number of anilines is 2. The van der Waals surface area contributed by atoms with Crippen LogP contribution in [0, 0.1) is 23.7 Å². The van der Waals surface area contributed by atoms with E-state index in [0.29, 0.717) is 31.5 Å². The van der Waals surface area contributed by atoms with Gasteiger partial charge in [-0.3, -0.25) is 9.59 Å². The summed E-state index contributed by atoms with van der Waals surface area (Å²) in [5.74, 6) is -1.33. The summed E-state index contributed by atoms with van der Waals surface area (Å²) in [7, 11) is 0. The van der Waals surface area contributed by atoms with Crippen LogP contribution in [0.1, 0.15) is 6.42 Å². The van der Waals surface area contributed by atoms with Gasteiger partial charge >= 0.3 is 0 Å². The molecule has 2 N–H and O–H groups in total. The first-order chi connectivity index (χ1) is 13.8. The monoisotopic (exact) mass is 468 g/mol. The van der Waals surface area contributed by atoms with Crippen molar-refractivity contribution in [2.45, 2.75) is 6.42 Å². The molecule has 2 aromatic carbocycles. The zero-order valence-electron chi connectivity index (χ0n) is 15.0. The van der Waals surface area contributed by atoms with Crippen LogP contribution < -0.4 is 10.6 Å². The van der Waals surface area contributed by atoms with E-state index < -0.39 is 11.8 Å². The molecule has 2 aliphatic rings. The summed E-state index contributed by atoms with van der Waals surface area (Å²) in [4.78, 5) is 26.1. The van der Waals surface area contributed by atoms with Crippen LogP contribution in [0.4, 0.5) is 11.4 Å². The summed E-state index contributed by atoms with van der Waals surface area (Å²) in [6, 6.07) is 9.79. The molecule has 0 aromatic heterocycles. The Kier molecular flexibility index (Phi) is 5.80. The molecule has 1 saturated carbocycles. The predicted octanol–water partition coefficient (Wildman–Crippen LogP) is 6.32. The molecule has 150 valence electrons.